The molecule has 1 aliphatic heterocycles. The van der Waals surface area contributed by atoms with Crippen molar-refractivity contribution in [1.29, 1.82) is 0 Å². The average Bonchev–Trinajstić information content (AvgIpc) is 3.12. The summed E-state index contributed by atoms with van der Waals surface area (Å²) >= 11 is 3.41. The van der Waals surface area contributed by atoms with Crippen LogP contribution in [0.4, 0.5) is 0 Å². The molecular weight excluding hydrogens is 538 g/mol. The van der Waals surface area contributed by atoms with E-state index in [2.05, 4.69) is 15.9 Å². The summed E-state index contributed by atoms with van der Waals surface area (Å²) in [6.07, 6.45) is 0. The Labute approximate surface area is 224 Å². The molecule has 1 unspecified atom stereocenters. The summed E-state index contributed by atoms with van der Waals surface area (Å²) in [7, 11) is 1.53. The quantitative estimate of drug-likeness (QED) is 0.213. The molecule has 1 fully saturated rings. The first kappa shape index (κ1) is 26.3. The third-order valence-corrected chi connectivity index (χ3v) is 7.03. The van der Waals surface area contributed by atoms with Crippen molar-refractivity contribution in [3.05, 3.63) is 92.5 Å². The number of phenols is 1. The second-order valence-corrected chi connectivity index (χ2v) is 9.72. The van der Waals surface area contributed by atoms with Crippen molar-refractivity contribution in [2.24, 2.45) is 0 Å². The normalized spacial score (nSPS) is 16.8. The maximum absolute atomic E-state index is 13.4. The van der Waals surface area contributed by atoms with Gasteiger partial charge in [-0.2, -0.15) is 0 Å². The summed E-state index contributed by atoms with van der Waals surface area (Å²) in [6.45, 7) is 6.18. The van der Waals surface area contributed by atoms with Crippen LogP contribution in [0.1, 0.15) is 40.8 Å². The largest absolute Gasteiger partial charge is 0.507 e. The minimum Gasteiger partial charge on any atom is -0.507 e. The number of aromatic hydroxyl groups is 1. The third kappa shape index (κ3) is 5.06. The lowest BCUT2D eigenvalue weighted by molar-refractivity contribution is -0.140. The Balaban J connectivity index is 1.91. The number of carbonyl (C=O) groups excluding carboxylic acids is 2. The highest BCUT2D eigenvalue weighted by Crippen LogP contribution is 2.43. The number of amides is 1. The Hall–Kier alpha value is -3.78. The van der Waals surface area contributed by atoms with E-state index in [1.165, 1.54) is 18.1 Å². The highest BCUT2D eigenvalue weighted by Gasteiger charge is 2.46. The Morgan fingerprint density at radius 2 is 1.78 bits per heavy atom. The number of hydrogen-bond acceptors (Lipinski definition) is 6. The molecule has 37 heavy (non-hydrogen) atoms. The van der Waals surface area contributed by atoms with Gasteiger partial charge in [0.25, 0.3) is 11.7 Å². The number of ketones is 1. The molecule has 4 rings (SSSR count). The average molecular weight is 566 g/mol. The van der Waals surface area contributed by atoms with Gasteiger partial charge in [-0.25, -0.2) is 0 Å². The molecule has 0 bridgehead atoms. The number of phenolic OH excluding ortho intramolecular Hbond substituents is 1. The van der Waals surface area contributed by atoms with Crippen LogP contribution in [0.5, 0.6) is 17.2 Å². The van der Waals surface area contributed by atoms with Gasteiger partial charge in [0, 0.05) is 12.1 Å². The van der Waals surface area contributed by atoms with Crippen LogP contribution in [-0.2, 0) is 16.1 Å². The van der Waals surface area contributed by atoms with Crippen LogP contribution in [0.2, 0.25) is 0 Å². The zero-order valence-corrected chi connectivity index (χ0v) is 22.6. The molecule has 1 heterocycles. The summed E-state index contributed by atoms with van der Waals surface area (Å²) in [5, 5.41) is 21.6. The van der Waals surface area contributed by atoms with E-state index in [1.807, 2.05) is 32.0 Å². The number of Topliss-reactive ketones (excluding diaryl/α,β-unsaturated/α-hetero) is 1. The molecule has 0 spiro atoms. The fourth-order valence-electron chi connectivity index (χ4n) is 4.48. The maximum atomic E-state index is 13.4. The van der Waals surface area contributed by atoms with Crippen molar-refractivity contribution in [2.45, 2.75) is 33.4 Å². The van der Waals surface area contributed by atoms with E-state index in [0.29, 0.717) is 28.0 Å². The highest BCUT2D eigenvalue weighted by molar-refractivity contribution is 9.10. The highest BCUT2D eigenvalue weighted by atomic mass is 79.9. The number of rotatable bonds is 7. The Morgan fingerprint density at radius 3 is 2.46 bits per heavy atom. The van der Waals surface area contributed by atoms with Crippen LogP contribution in [0.3, 0.4) is 0 Å². The smallest absolute Gasteiger partial charge is 0.295 e. The number of aliphatic hydroxyl groups excluding tert-OH is 1. The number of hydrogen-bond donors (Lipinski definition) is 2. The fourth-order valence-corrected chi connectivity index (χ4v) is 5.03. The van der Waals surface area contributed by atoms with E-state index in [-0.39, 0.29) is 29.4 Å². The second-order valence-electron chi connectivity index (χ2n) is 8.87. The van der Waals surface area contributed by atoms with Crippen molar-refractivity contribution < 1.29 is 29.3 Å². The molecule has 8 heteroatoms. The minimum absolute atomic E-state index is 0.0412. The molecule has 192 valence electrons. The second kappa shape index (κ2) is 10.7. The molecule has 3 aromatic rings. The number of aryl methyl sites for hydroxylation is 2. The predicted molar refractivity (Wildman–Crippen MR) is 144 cm³/mol. The lowest BCUT2D eigenvalue weighted by Crippen LogP contribution is -2.29. The molecule has 7 nitrogen and oxygen atoms in total. The van der Waals surface area contributed by atoms with Crippen molar-refractivity contribution in [1.82, 2.24) is 4.90 Å². The van der Waals surface area contributed by atoms with Gasteiger partial charge in [-0.3, -0.25) is 9.59 Å². The number of ether oxygens (including phenoxy) is 2. The third-order valence-electron chi connectivity index (χ3n) is 6.41. The van der Waals surface area contributed by atoms with Gasteiger partial charge in [-0.15, -0.1) is 0 Å². The Morgan fingerprint density at radius 1 is 1.03 bits per heavy atom. The summed E-state index contributed by atoms with van der Waals surface area (Å²) in [6, 6.07) is 14.6. The summed E-state index contributed by atoms with van der Waals surface area (Å²) < 4.78 is 11.4. The van der Waals surface area contributed by atoms with Gasteiger partial charge >= 0.3 is 0 Å². The van der Waals surface area contributed by atoms with E-state index in [9.17, 15) is 19.8 Å². The maximum Gasteiger partial charge on any atom is 0.295 e. The van der Waals surface area contributed by atoms with Crippen molar-refractivity contribution in [3.8, 4) is 17.2 Å². The number of halogens is 1. The first-order valence-electron chi connectivity index (χ1n) is 11.8. The van der Waals surface area contributed by atoms with Crippen LogP contribution < -0.4 is 9.47 Å². The van der Waals surface area contributed by atoms with Gasteiger partial charge in [0.1, 0.15) is 11.5 Å². The molecule has 0 aromatic heterocycles. The monoisotopic (exact) mass is 565 g/mol. The van der Waals surface area contributed by atoms with E-state index in [4.69, 9.17) is 9.47 Å². The molecule has 1 aliphatic rings. The Kier molecular flexibility index (Phi) is 7.59. The number of likely N-dealkylation sites (tertiary alicyclic amines) is 1. The van der Waals surface area contributed by atoms with Gasteiger partial charge in [0.15, 0.2) is 11.5 Å². The van der Waals surface area contributed by atoms with Crippen LogP contribution in [-0.4, -0.2) is 40.5 Å². The molecule has 0 aliphatic carbocycles. The van der Waals surface area contributed by atoms with Gasteiger partial charge in [-0.1, -0.05) is 29.8 Å². The minimum atomic E-state index is -0.902. The lowest BCUT2D eigenvalue weighted by Gasteiger charge is -2.26. The summed E-state index contributed by atoms with van der Waals surface area (Å²) in [5.74, 6) is -1.08. The fraction of sp³-hybridized carbons (Fsp3) is 0.241. The summed E-state index contributed by atoms with van der Waals surface area (Å²) in [5.41, 5.74) is 3.74. The Bertz CT molecular complexity index is 1410. The number of benzene rings is 3. The van der Waals surface area contributed by atoms with E-state index >= 15 is 0 Å². The van der Waals surface area contributed by atoms with Crippen LogP contribution in [0.15, 0.2) is 64.6 Å². The van der Waals surface area contributed by atoms with Gasteiger partial charge in [0.2, 0.25) is 0 Å². The molecule has 1 saturated heterocycles. The number of nitrogens with zero attached hydrogens (tertiary/aromatic N) is 1. The molecule has 0 saturated carbocycles. The van der Waals surface area contributed by atoms with Crippen LogP contribution in [0, 0.1) is 13.8 Å². The SMILES string of the molecule is CCOc1cc(C2/C(=C(/O)c3ccc(OC)c(Br)c3)C(=O)C(=O)N2Cc2cc(C)ccc2C)ccc1O. The van der Waals surface area contributed by atoms with E-state index in [1.54, 1.807) is 37.3 Å². The number of aliphatic hydroxyl groups is 1. The standard InChI is InChI=1S/C29H28BrNO6/c1-5-37-24-14-18(8-10-22(24)32)26-25(27(33)19-9-11-23(36-4)21(30)13-19)28(34)29(35)31(26)15-20-12-16(2)6-7-17(20)3/h6-14,26,32-33H,5,15H2,1-4H3/b27-25-. The van der Waals surface area contributed by atoms with Crippen LogP contribution in [0.25, 0.3) is 5.76 Å². The van der Waals surface area contributed by atoms with Crippen LogP contribution >= 0.6 is 15.9 Å². The van der Waals surface area contributed by atoms with Gasteiger partial charge in [0.05, 0.1) is 29.8 Å². The van der Waals surface area contributed by atoms with Crippen molar-refractivity contribution in [3.63, 3.8) is 0 Å². The molecule has 3 aromatic carbocycles. The predicted octanol–water partition coefficient (Wildman–Crippen LogP) is 5.80. The topological polar surface area (TPSA) is 96.3 Å². The zero-order chi connectivity index (χ0) is 26.9. The van der Waals surface area contributed by atoms with Gasteiger partial charge in [-0.05, 0) is 83.7 Å². The van der Waals surface area contributed by atoms with E-state index < -0.39 is 17.7 Å². The molecular formula is C29H28BrNO6. The zero-order valence-electron chi connectivity index (χ0n) is 21.0. The van der Waals surface area contributed by atoms with Crippen molar-refractivity contribution in [2.75, 3.05) is 13.7 Å². The molecule has 0 radical (unpaired) electrons. The number of methoxy groups -OCH3 is 1. The first-order valence-corrected chi connectivity index (χ1v) is 12.6. The number of carbonyl (C=O) groups is 2. The lowest BCUT2D eigenvalue weighted by atomic mass is 9.94. The first-order chi connectivity index (χ1) is 17.7. The molecule has 1 amide bonds. The van der Waals surface area contributed by atoms with Gasteiger partial charge < -0.3 is 24.6 Å². The van der Waals surface area contributed by atoms with Crippen molar-refractivity contribution >= 4 is 33.4 Å². The van der Waals surface area contributed by atoms with E-state index in [0.717, 1.165) is 16.7 Å². The summed E-state index contributed by atoms with van der Waals surface area (Å²) in [4.78, 5) is 28.3. The molecule has 2 N–H and O–H groups in total. The molecule has 1 atom stereocenters.